The first-order chi connectivity index (χ1) is 11.3. The van der Waals surface area contributed by atoms with Crippen molar-refractivity contribution >= 4 is 5.91 Å². The summed E-state index contributed by atoms with van der Waals surface area (Å²) < 4.78 is 39.8. The van der Waals surface area contributed by atoms with Crippen molar-refractivity contribution in [2.75, 3.05) is 13.6 Å². The van der Waals surface area contributed by atoms with Crippen LogP contribution in [0.4, 0.5) is 13.2 Å². The van der Waals surface area contributed by atoms with Crippen LogP contribution in [0.5, 0.6) is 0 Å². The van der Waals surface area contributed by atoms with Gasteiger partial charge in [-0.25, -0.2) is 4.98 Å². The van der Waals surface area contributed by atoms with E-state index in [-0.39, 0.29) is 11.8 Å². The molecule has 0 saturated carbocycles. The highest BCUT2D eigenvalue weighted by atomic mass is 19.4. The van der Waals surface area contributed by atoms with Gasteiger partial charge in [-0.05, 0) is 25.3 Å². The lowest BCUT2D eigenvalue weighted by atomic mass is 9.98. The first-order valence-corrected chi connectivity index (χ1v) is 7.78. The van der Waals surface area contributed by atoms with E-state index in [2.05, 4.69) is 9.97 Å². The molecule has 0 aromatic carbocycles. The lowest BCUT2D eigenvalue weighted by Crippen LogP contribution is -2.35. The molecule has 0 bridgehead atoms. The molecule has 130 valence electrons. The van der Waals surface area contributed by atoms with E-state index in [0.29, 0.717) is 30.9 Å². The van der Waals surface area contributed by atoms with Crippen molar-refractivity contribution in [1.82, 2.24) is 19.4 Å². The third-order valence-corrected chi connectivity index (χ3v) is 4.44. The molecule has 5 nitrogen and oxygen atoms in total. The predicted molar refractivity (Wildman–Crippen MR) is 81.5 cm³/mol. The molecule has 0 unspecified atom stereocenters. The highest BCUT2D eigenvalue weighted by Crippen LogP contribution is 2.30. The number of carbonyl (C=O) groups excluding carboxylic acids is 1. The fourth-order valence-electron chi connectivity index (χ4n) is 3.16. The lowest BCUT2D eigenvalue weighted by Gasteiger charge is -2.28. The van der Waals surface area contributed by atoms with Gasteiger partial charge in [-0.3, -0.25) is 4.79 Å². The molecule has 0 radical (unpaired) electrons. The predicted octanol–water partition coefficient (Wildman–Crippen LogP) is 2.87. The van der Waals surface area contributed by atoms with Gasteiger partial charge < -0.3 is 14.5 Å². The van der Waals surface area contributed by atoms with Crippen LogP contribution < -0.4 is 0 Å². The Kier molecular flexibility index (Phi) is 4.15. The van der Waals surface area contributed by atoms with Crippen LogP contribution in [-0.2, 0) is 19.1 Å². The van der Waals surface area contributed by atoms with E-state index >= 15 is 0 Å². The summed E-state index contributed by atoms with van der Waals surface area (Å²) in [5.41, 5.74) is 0.587. The summed E-state index contributed by atoms with van der Waals surface area (Å²) in [6.45, 7) is 2.78. The number of nitrogens with zero attached hydrogens (tertiary/aromatic N) is 3. The summed E-state index contributed by atoms with van der Waals surface area (Å²) >= 11 is 0. The second kappa shape index (κ2) is 5.99. The van der Waals surface area contributed by atoms with E-state index in [0.717, 1.165) is 18.3 Å². The summed E-state index contributed by atoms with van der Waals surface area (Å²) in [5, 5.41) is 0. The number of rotatable bonds is 3. The smallest absolute Gasteiger partial charge is 0.365 e. The summed E-state index contributed by atoms with van der Waals surface area (Å²) in [6.07, 6.45) is -0.421. The van der Waals surface area contributed by atoms with Crippen molar-refractivity contribution < 1.29 is 18.0 Å². The standard InChI is InChI=1S/C16H19F3N4O/c1-10-12(5-6-20-10)15(24)22(2)7-11-3-4-14-21-13(16(17,18)19)9-23(14)8-11/h5-6,9,11,20H,3-4,7-8H2,1-2H3/t11-/m0/s1. The normalized spacial score (nSPS) is 17.6. The number of amides is 1. The number of aromatic amines is 1. The molecular formula is C16H19F3N4O. The van der Waals surface area contributed by atoms with Crippen molar-refractivity contribution in [3.8, 4) is 0 Å². The SMILES string of the molecule is Cc1[nH]ccc1C(=O)N(C)C[C@@H]1CCc2nc(C(F)(F)F)cn2C1. The van der Waals surface area contributed by atoms with Gasteiger partial charge in [-0.1, -0.05) is 0 Å². The maximum atomic E-state index is 12.8. The van der Waals surface area contributed by atoms with E-state index in [1.165, 1.54) is 0 Å². The number of hydrogen-bond acceptors (Lipinski definition) is 2. The average molecular weight is 340 g/mol. The van der Waals surface area contributed by atoms with Gasteiger partial charge in [0.05, 0.1) is 5.56 Å². The first kappa shape index (κ1) is 16.6. The molecule has 0 fully saturated rings. The molecule has 0 aliphatic carbocycles. The van der Waals surface area contributed by atoms with Gasteiger partial charge in [0.1, 0.15) is 5.82 Å². The Bertz CT molecular complexity index is 747. The van der Waals surface area contributed by atoms with Crippen LogP contribution in [0.1, 0.15) is 34.0 Å². The molecule has 1 N–H and O–H groups in total. The molecule has 3 rings (SSSR count). The summed E-state index contributed by atoms with van der Waals surface area (Å²) in [5.74, 6) is 0.496. The number of hydrogen-bond donors (Lipinski definition) is 1. The van der Waals surface area contributed by atoms with Crippen molar-refractivity contribution in [2.45, 2.75) is 32.5 Å². The lowest BCUT2D eigenvalue weighted by molar-refractivity contribution is -0.141. The van der Waals surface area contributed by atoms with Gasteiger partial charge in [0.2, 0.25) is 0 Å². The van der Waals surface area contributed by atoms with E-state index < -0.39 is 11.9 Å². The summed E-state index contributed by atoms with van der Waals surface area (Å²) in [7, 11) is 1.72. The highest BCUT2D eigenvalue weighted by Gasteiger charge is 2.36. The molecule has 24 heavy (non-hydrogen) atoms. The summed E-state index contributed by atoms with van der Waals surface area (Å²) in [4.78, 5) is 20.7. The van der Waals surface area contributed by atoms with Gasteiger partial charge in [0.25, 0.3) is 5.91 Å². The molecule has 8 heteroatoms. The summed E-state index contributed by atoms with van der Waals surface area (Å²) in [6, 6.07) is 1.73. The Morgan fingerprint density at radius 1 is 1.50 bits per heavy atom. The van der Waals surface area contributed by atoms with E-state index in [9.17, 15) is 18.0 Å². The molecule has 0 saturated heterocycles. The van der Waals surface area contributed by atoms with Crippen LogP contribution in [0.3, 0.4) is 0 Å². The number of aryl methyl sites for hydroxylation is 2. The minimum Gasteiger partial charge on any atom is -0.365 e. The number of fused-ring (bicyclic) bond motifs is 1. The second-order valence-electron chi connectivity index (χ2n) is 6.30. The zero-order chi connectivity index (χ0) is 17.5. The van der Waals surface area contributed by atoms with Gasteiger partial charge >= 0.3 is 6.18 Å². The Hall–Kier alpha value is -2.25. The van der Waals surface area contributed by atoms with Crippen molar-refractivity contribution in [1.29, 1.82) is 0 Å². The van der Waals surface area contributed by atoms with Gasteiger partial charge in [-0.15, -0.1) is 0 Å². The Morgan fingerprint density at radius 2 is 2.25 bits per heavy atom. The third kappa shape index (κ3) is 3.18. The van der Waals surface area contributed by atoms with E-state index in [1.54, 1.807) is 28.8 Å². The number of carbonyl (C=O) groups is 1. The Labute approximate surface area is 137 Å². The van der Waals surface area contributed by atoms with Gasteiger partial charge in [-0.2, -0.15) is 13.2 Å². The van der Waals surface area contributed by atoms with Crippen molar-refractivity contribution in [3.05, 3.63) is 41.2 Å². The number of nitrogens with one attached hydrogen (secondary N) is 1. The van der Waals surface area contributed by atoms with Crippen LogP contribution in [0.15, 0.2) is 18.5 Å². The molecule has 1 aliphatic rings. The first-order valence-electron chi connectivity index (χ1n) is 7.78. The Morgan fingerprint density at radius 3 is 2.88 bits per heavy atom. The maximum absolute atomic E-state index is 12.8. The molecule has 2 aromatic rings. The van der Waals surface area contributed by atoms with Crippen LogP contribution in [0, 0.1) is 12.8 Å². The van der Waals surface area contributed by atoms with Crippen molar-refractivity contribution in [3.63, 3.8) is 0 Å². The quantitative estimate of drug-likeness (QED) is 0.934. The second-order valence-corrected chi connectivity index (χ2v) is 6.30. The fraction of sp³-hybridized carbons (Fsp3) is 0.500. The zero-order valence-corrected chi connectivity index (χ0v) is 13.5. The number of imidazole rings is 1. The Balaban J connectivity index is 1.66. The minimum absolute atomic E-state index is 0.0823. The van der Waals surface area contributed by atoms with Crippen LogP contribution >= 0.6 is 0 Å². The minimum atomic E-state index is -4.42. The van der Waals surface area contributed by atoms with Gasteiger partial charge in [0, 0.05) is 44.6 Å². The van der Waals surface area contributed by atoms with E-state index in [4.69, 9.17) is 0 Å². The van der Waals surface area contributed by atoms with Crippen LogP contribution in [-0.4, -0.2) is 38.9 Å². The third-order valence-electron chi connectivity index (χ3n) is 4.44. The molecule has 2 aromatic heterocycles. The number of halogens is 3. The topological polar surface area (TPSA) is 53.9 Å². The van der Waals surface area contributed by atoms with Crippen LogP contribution in [0.25, 0.3) is 0 Å². The monoisotopic (exact) mass is 340 g/mol. The maximum Gasteiger partial charge on any atom is 0.434 e. The van der Waals surface area contributed by atoms with E-state index in [1.807, 2.05) is 6.92 Å². The molecule has 3 heterocycles. The number of H-pyrrole nitrogens is 1. The molecule has 1 aliphatic heterocycles. The fourth-order valence-corrected chi connectivity index (χ4v) is 3.16. The number of aromatic nitrogens is 3. The molecular weight excluding hydrogens is 321 g/mol. The average Bonchev–Trinajstić information content (AvgIpc) is 3.11. The van der Waals surface area contributed by atoms with Crippen molar-refractivity contribution in [2.24, 2.45) is 5.92 Å². The largest absolute Gasteiger partial charge is 0.434 e. The van der Waals surface area contributed by atoms with Crippen LogP contribution in [0.2, 0.25) is 0 Å². The molecule has 1 amide bonds. The van der Waals surface area contributed by atoms with Gasteiger partial charge in [0.15, 0.2) is 5.69 Å². The highest BCUT2D eigenvalue weighted by molar-refractivity contribution is 5.95. The molecule has 1 atom stereocenters. The molecule has 0 spiro atoms. The number of alkyl halides is 3. The zero-order valence-electron chi connectivity index (χ0n) is 13.5.